The second-order valence-corrected chi connectivity index (χ2v) is 6.78. The molecule has 1 aromatic rings. The molecule has 5 heteroatoms. The van der Waals surface area contributed by atoms with E-state index in [1.165, 1.54) is 36.6 Å². The number of rotatable bonds is 1. The van der Waals surface area contributed by atoms with Crippen LogP contribution in [0.25, 0.3) is 6.08 Å². The number of hydrogen-bond donors (Lipinski definition) is 0. The van der Waals surface area contributed by atoms with Crippen molar-refractivity contribution in [2.75, 3.05) is 13.1 Å². The van der Waals surface area contributed by atoms with Crippen LogP contribution in [-0.2, 0) is 4.79 Å². The van der Waals surface area contributed by atoms with Crippen LogP contribution >= 0.6 is 23.1 Å². The van der Waals surface area contributed by atoms with Crippen molar-refractivity contribution in [3.8, 4) is 0 Å². The number of thiophene rings is 1. The Labute approximate surface area is 121 Å². The van der Waals surface area contributed by atoms with Gasteiger partial charge in [0.2, 0.25) is 0 Å². The van der Waals surface area contributed by atoms with E-state index in [1.807, 2.05) is 6.08 Å². The van der Waals surface area contributed by atoms with Gasteiger partial charge in [0.15, 0.2) is 5.17 Å². The molecule has 0 N–H and O–H groups in total. The first-order valence-electron chi connectivity index (χ1n) is 6.55. The smallest absolute Gasteiger partial charge is 0.286 e. The zero-order chi connectivity index (χ0) is 13.2. The number of amides is 1. The summed E-state index contributed by atoms with van der Waals surface area (Å²) in [4.78, 5) is 20.3. The van der Waals surface area contributed by atoms with E-state index in [4.69, 9.17) is 0 Å². The van der Waals surface area contributed by atoms with Crippen LogP contribution in [-0.4, -0.2) is 29.1 Å². The maximum Gasteiger partial charge on any atom is 0.286 e. The van der Waals surface area contributed by atoms with Crippen molar-refractivity contribution >= 4 is 40.2 Å². The SMILES string of the molecule is Cc1ccsc1/C=C1/SC(N2CCCCC2)=NC1=O. The first-order valence-corrected chi connectivity index (χ1v) is 8.25. The van der Waals surface area contributed by atoms with Crippen LogP contribution in [0.2, 0.25) is 0 Å². The summed E-state index contributed by atoms with van der Waals surface area (Å²) in [6.45, 7) is 4.13. The van der Waals surface area contributed by atoms with E-state index in [0.717, 1.165) is 28.0 Å². The van der Waals surface area contributed by atoms with E-state index in [1.54, 1.807) is 11.3 Å². The Morgan fingerprint density at radius 2 is 2.11 bits per heavy atom. The zero-order valence-corrected chi connectivity index (χ0v) is 12.5. The summed E-state index contributed by atoms with van der Waals surface area (Å²) in [6, 6.07) is 2.08. The van der Waals surface area contributed by atoms with Gasteiger partial charge in [-0.2, -0.15) is 4.99 Å². The lowest BCUT2D eigenvalue weighted by Crippen LogP contribution is -2.33. The Balaban J connectivity index is 1.76. The highest BCUT2D eigenvalue weighted by molar-refractivity contribution is 8.18. The van der Waals surface area contributed by atoms with Crippen LogP contribution in [0.5, 0.6) is 0 Å². The van der Waals surface area contributed by atoms with E-state index in [0.29, 0.717) is 0 Å². The van der Waals surface area contributed by atoms with Crippen molar-refractivity contribution < 1.29 is 4.79 Å². The van der Waals surface area contributed by atoms with Crippen LogP contribution in [0.4, 0.5) is 0 Å². The third kappa shape index (κ3) is 2.77. The molecule has 0 spiro atoms. The van der Waals surface area contributed by atoms with Gasteiger partial charge in [0, 0.05) is 18.0 Å². The van der Waals surface area contributed by atoms with Gasteiger partial charge in [0.1, 0.15) is 0 Å². The van der Waals surface area contributed by atoms with Gasteiger partial charge in [-0.3, -0.25) is 4.79 Å². The lowest BCUT2D eigenvalue weighted by Gasteiger charge is -2.27. The van der Waals surface area contributed by atoms with E-state index in [9.17, 15) is 4.79 Å². The molecule has 0 radical (unpaired) electrons. The van der Waals surface area contributed by atoms with Crippen molar-refractivity contribution in [3.63, 3.8) is 0 Å². The van der Waals surface area contributed by atoms with Crippen LogP contribution in [0, 0.1) is 6.92 Å². The summed E-state index contributed by atoms with van der Waals surface area (Å²) in [7, 11) is 0. The maximum absolute atomic E-state index is 12.0. The number of thioether (sulfide) groups is 1. The third-order valence-corrected chi connectivity index (χ3v) is 5.41. The molecule has 0 aliphatic carbocycles. The van der Waals surface area contributed by atoms with Gasteiger partial charge in [-0.05, 0) is 61.0 Å². The average molecular weight is 292 g/mol. The molecule has 0 unspecified atom stereocenters. The lowest BCUT2D eigenvalue weighted by molar-refractivity contribution is -0.113. The summed E-state index contributed by atoms with van der Waals surface area (Å²) < 4.78 is 0. The molecule has 0 bridgehead atoms. The molecule has 0 atom stereocenters. The summed E-state index contributed by atoms with van der Waals surface area (Å²) in [5.74, 6) is -0.0848. The normalized spacial score (nSPS) is 22.2. The minimum atomic E-state index is -0.0848. The molecule has 2 aliphatic heterocycles. The number of likely N-dealkylation sites (tertiary alicyclic amines) is 1. The fourth-order valence-electron chi connectivity index (χ4n) is 2.27. The number of nitrogens with zero attached hydrogens (tertiary/aromatic N) is 2. The highest BCUT2D eigenvalue weighted by Crippen LogP contribution is 2.32. The molecular formula is C14H16N2OS2. The average Bonchev–Trinajstić information content (AvgIpc) is 2.99. The van der Waals surface area contributed by atoms with Crippen LogP contribution in [0.3, 0.4) is 0 Å². The molecule has 0 saturated carbocycles. The number of aryl methyl sites for hydroxylation is 1. The van der Waals surface area contributed by atoms with Crippen LogP contribution < -0.4 is 0 Å². The molecule has 2 aliphatic rings. The number of amidine groups is 1. The van der Waals surface area contributed by atoms with Gasteiger partial charge in [-0.1, -0.05) is 0 Å². The predicted molar refractivity (Wildman–Crippen MR) is 82.5 cm³/mol. The highest BCUT2D eigenvalue weighted by atomic mass is 32.2. The number of piperidine rings is 1. The number of hydrogen-bond acceptors (Lipinski definition) is 4. The molecular weight excluding hydrogens is 276 g/mol. The zero-order valence-electron chi connectivity index (χ0n) is 10.9. The van der Waals surface area contributed by atoms with Gasteiger partial charge in [0.05, 0.1) is 4.91 Å². The Morgan fingerprint density at radius 3 is 2.79 bits per heavy atom. The van der Waals surface area contributed by atoms with E-state index in [-0.39, 0.29) is 5.91 Å². The molecule has 3 nitrogen and oxygen atoms in total. The maximum atomic E-state index is 12.0. The predicted octanol–water partition coefficient (Wildman–Crippen LogP) is 3.51. The Bertz CT molecular complexity index is 554. The van der Waals surface area contributed by atoms with Crippen molar-refractivity contribution in [1.29, 1.82) is 0 Å². The summed E-state index contributed by atoms with van der Waals surface area (Å²) >= 11 is 3.20. The van der Waals surface area contributed by atoms with Crippen molar-refractivity contribution in [2.24, 2.45) is 4.99 Å². The quantitative estimate of drug-likeness (QED) is 0.743. The van der Waals surface area contributed by atoms with Gasteiger partial charge in [0.25, 0.3) is 5.91 Å². The van der Waals surface area contributed by atoms with E-state index < -0.39 is 0 Å². The second-order valence-electron chi connectivity index (χ2n) is 4.83. The summed E-state index contributed by atoms with van der Waals surface area (Å²) in [5.41, 5.74) is 1.22. The molecule has 1 fully saturated rings. The largest absolute Gasteiger partial charge is 0.351 e. The first kappa shape index (κ1) is 12.9. The lowest BCUT2D eigenvalue weighted by atomic mass is 10.1. The number of carbonyl (C=O) groups is 1. The van der Waals surface area contributed by atoms with E-state index >= 15 is 0 Å². The first-order chi connectivity index (χ1) is 9.24. The highest BCUT2D eigenvalue weighted by Gasteiger charge is 2.27. The van der Waals surface area contributed by atoms with Gasteiger partial charge < -0.3 is 4.90 Å². The summed E-state index contributed by atoms with van der Waals surface area (Å²) in [5, 5.41) is 2.95. The molecule has 1 saturated heterocycles. The molecule has 19 heavy (non-hydrogen) atoms. The van der Waals surface area contributed by atoms with Gasteiger partial charge in [-0.25, -0.2) is 0 Å². The standard InChI is InChI=1S/C14H16N2OS2/c1-10-5-8-18-11(10)9-12-13(17)15-14(19-12)16-6-3-2-4-7-16/h5,8-9H,2-4,6-7H2,1H3/b12-9+. The fourth-order valence-corrected chi connectivity index (χ4v) is 4.15. The molecule has 3 rings (SSSR count). The van der Waals surface area contributed by atoms with E-state index in [2.05, 4.69) is 28.3 Å². The second kappa shape index (κ2) is 5.51. The minimum Gasteiger partial charge on any atom is -0.351 e. The molecule has 3 heterocycles. The third-order valence-electron chi connectivity index (χ3n) is 3.40. The van der Waals surface area contributed by atoms with Gasteiger partial charge in [-0.15, -0.1) is 11.3 Å². The van der Waals surface area contributed by atoms with Crippen molar-refractivity contribution in [3.05, 3.63) is 26.8 Å². The molecule has 100 valence electrons. The molecule has 1 aromatic heterocycles. The topological polar surface area (TPSA) is 32.7 Å². The monoisotopic (exact) mass is 292 g/mol. The fraction of sp³-hybridized carbons (Fsp3) is 0.429. The van der Waals surface area contributed by atoms with Crippen molar-refractivity contribution in [1.82, 2.24) is 4.90 Å². The van der Waals surface area contributed by atoms with Gasteiger partial charge >= 0.3 is 0 Å². The number of aliphatic imine (C=N–C) groups is 1. The van der Waals surface area contributed by atoms with Crippen LogP contribution in [0.15, 0.2) is 21.3 Å². The minimum absolute atomic E-state index is 0.0848. The number of carbonyl (C=O) groups excluding carboxylic acids is 1. The molecule has 1 amide bonds. The Kier molecular flexibility index (Phi) is 3.75. The Hall–Kier alpha value is -1.07. The Morgan fingerprint density at radius 1 is 1.32 bits per heavy atom. The van der Waals surface area contributed by atoms with Crippen molar-refractivity contribution in [2.45, 2.75) is 26.2 Å². The molecule has 0 aromatic carbocycles. The summed E-state index contributed by atoms with van der Waals surface area (Å²) in [6.07, 6.45) is 5.68. The van der Waals surface area contributed by atoms with Crippen LogP contribution in [0.1, 0.15) is 29.7 Å².